The monoisotopic (exact) mass is 411 g/mol. The highest BCUT2D eigenvalue weighted by Crippen LogP contribution is 2.28. The maximum atomic E-state index is 14.3. The van der Waals surface area contributed by atoms with Gasteiger partial charge in [0.2, 0.25) is 0 Å². The van der Waals surface area contributed by atoms with Crippen molar-refractivity contribution in [1.82, 2.24) is 9.97 Å². The summed E-state index contributed by atoms with van der Waals surface area (Å²) in [5, 5.41) is 0.958. The zero-order chi connectivity index (χ0) is 20.5. The van der Waals surface area contributed by atoms with Crippen LogP contribution >= 0.6 is 11.6 Å². The summed E-state index contributed by atoms with van der Waals surface area (Å²) in [6.45, 7) is 1.79. The molecule has 0 unspecified atom stereocenters. The Morgan fingerprint density at radius 2 is 2.07 bits per heavy atom. The molecule has 2 aromatic heterocycles. The summed E-state index contributed by atoms with van der Waals surface area (Å²) in [4.78, 5) is 20.5. The number of aryl methyl sites for hydroxylation is 1. The van der Waals surface area contributed by atoms with Crippen LogP contribution in [0.4, 0.5) is 10.1 Å². The quantitative estimate of drug-likeness (QED) is 0.298. The van der Waals surface area contributed by atoms with E-state index >= 15 is 0 Å². The van der Waals surface area contributed by atoms with E-state index in [1.807, 2.05) is 0 Å². The van der Waals surface area contributed by atoms with Gasteiger partial charge in [-0.3, -0.25) is 0 Å². The van der Waals surface area contributed by atoms with Crippen molar-refractivity contribution < 1.29 is 13.5 Å². The largest absolute Gasteiger partial charge is 0.424 e. The van der Waals surface area contributed by atoms with Crippen molar-refractivity contribution >= 4 is 28.3 Å². The van der Waals surface area contributed by atoms with Gasteiger partial charge in [-0.15, -0.1) is 0 Å². The Morgan fingerprint density at radius 1 is 1.24 bits per heavy atom. The van der Waals surface area contributed by atoms with Gasteiger partial charge in [-0.25, -0.2) is 14.2 Å². The minimum absolute atomic E-state index is 0.0374. The highest BCUT2D eigenvalue weighted by Gasteiger charge is 2.16. The zero-order valence-electron chi connectivity index (χ0n) is 15.3. The highest BCUT2D eigenvalue weighted by atomic mass is 35.5. The summed E-state index contributed by atoms with van der Waals surface area (Å²) in [5.74, 6) is -0.145. The van der Waals surface area contributed by atoms with Crippen LogP contribution in [-0.2, 0) is 6.42 Å². The molecule has 2 heterocycles. The number of halogens is 2. The molecule has 4 rings (SSSR count). The van der Waals surface area contributed by atoms with E-state index in [0.717, 1.165) is 0 Å². The number of nitrogens with zero attached hydrogens (tertiary/aromatic N) is 2. The molecule has 2 aromatic carbocycles. The molecule has 0 saturated carbocycles. The minimum Gasteiger partial charge on any atom is -0.424 e. The molecular weight excluding hydrogens is 397 g/mol. The molecule has 0 radical (unpaired) electrons. The first kappa shape index (κ1) is 18.9. The van der Waals surface area contributed by atoms with Crippen LogP contribution in [0, 0.1) is 12.7 Å². The highest BCUT2D eigenvalue weighted by molar-refractivity contribution is 6.29. The van der Waals surface area contributed by atoms with Gasteiger partial charge in [-0.2, -0.15) is 4.98 Å². The normalized spacial score (nSPS) is 11.0. The second-order valence-electron chi connectivity index (χ2n) is 6.41. The summed E-state index contributed by atoms with van der Waals surface area (Å²) in [7, 11) is 0. The SMILES string of the molecule is Cc1c(Cc2cccc(N)c2F)c(=O)oc2cc(Oc3nccc(Cl)n3)ccc12. The Kier molecular flexibility index (Phi) is 4.90. The van der Waals surface area contributed by atoms with Crippen LogP contribution in [0.3, 0.4) is 0 Å². The van der Waals surface area contributed by atoms with Gasteiger partial charge < -0.3 is 14.9 Å². The summed E-state index contributed by atoms with van der Waals surface area (Å²) in [6, 6.07) is 11.3. The van der Waals surface area contributed by atoms with E-state index in [0.29, 0.717) is 33.4 Å². The zero-order valence-corrected chi connectivity index (χ0v) is 16.0. The number of fused-ring (bicyclic) bond motifs is 1. The van der Waals surface area contributed by atoms with Gasteiger partial charge >= 0.3 is 11.6 Å². The number of anilines is 1. The fraction of sp³-hybridized carbons (Fsp3) is 0.0952. The smallest absolute Gasteiger partial charge is 0.340 e. The number of benzene rings is 2. The van der Waals surface area contributed by atoms with E-state index in [1.54, 1.807) is 37.3 Å². The molecule has 4 aromatic rings. The number of ether oxygens (including phenoxy) is 1. The first-order valence-electron chi connectivity index (χ1n) is 8.68. The van der Waals surface area contributed by atoms with Crippen LogP contribution in [-0.4, -0.2) is 9.97 Å². The number of rotatable bonds is 4. The molecule has 6 nitrogen and oxygen atoms in total. The molecule has 0 atom stereocenters. The molecule has 146 valence electrons. The Balaban J connectivity index is 1.72. The molecule has 0 saturated heterocycles. The van der Waals surface area contributed by atoms with Gasteiger partial charge in [-0.1, -0.05) is 23.7 Å². The molecule has 0 aliphatic heterocycles. The predicted molar refractivity (Wildman–Crippen MR) is 108 cm³/mol. The molecule has 0 amide bonds. The van der Waals surface area contributed by atoms with E-state index in [9.17, 15) is 9.18 Å². The Hall–Kier alpha value is -3.45. The average Bonchev–Trinajstić information content (AvgIpc) is 2.68. The van der Waals surface area contributed by atoms with E-state index in [2.05, 4.69) is 9.97 Å². The number of hydrogen-bond acceptors (Lipinski definition) is 6. The van der Waals surface area contributed by atoms with Crippen molar-refractivity contribution in [2.75, 3.05) is 5.73 Å². The van der Waals surface area contributed by atoms with Crippen LogP contribution in [0.1, 0.15) is 16.7 Å². The molecule has 0 fully saturated rings. The third-order valence-electron chi connectivity index (χ3n) is 4.54. The second-order valence-corrected chi connectivity index (χ2v) is 6.80. The first-order chi connectivity index (χ1) is 13.9. The summed E-state index contributed by atoms with van der Waals surface area (Å²) in [5.41, 5.74) is 6.85. The third-order valence-corrected chi connectivity index (χ3v) is 4.75. The van der Waals surface area contributed by atoms with Crippen molar-refractivity contribution in [3.8, 4) is 11.8 Å². The van der Waals surface area contributed by atoms with E-state index in [-0.39, 0.29) is 23.3 Å². The van der Waals surface area contributed by atoms with E-state index < -0.39 is 11.4 Å². The number of nitrogens with two attached hydrogens (primary N) is 1. The van der Waals surface area contributed by atoms with Gasteiger partial charge in [0, 0.05) is 29.6 Å². The number of hydrogen-bond donors (Lipinski definition) is 1. The maximum Gasteiger partial charge on any atom is 0.340 e. The Bertz CT molecular complexity index is 1290. The fourth-order valence-corrected chi connectivity index (χ4v) is 3.17. The van der Waals surface area contributed by atoms with Crippen LogP contribution in [0.15, 0.2) is 57.9 Å². The number of aromatic nitrogens is 2. The Labute approximate surface area is 169 Å². The summed E-state index contributed by atoms with van der Waals surface area (Å²) in [6.07, 6.45) is 1.55. The van der Waals surface area contributed by atoms with Crippen molar-refractivity contribution in [1.29, 1.82) is 0 Å². The van der Waals surface area contributed by atoms with Crippen LogP contribution in [0.5, 0.6) is 11.8 Å². The van der Waals surface area contributed by atoms with Crippen LogP contribution in [0.2, 0.25) is 5.15 Å². The summed E-state index contributed by atoms with van der Waals surface area (Å²) >= 11 is 5.83. The molecule has 0 spiro atoms. The van der Waals surface area contributed by atoms with Crippen LogP contribution in [0.25, 0.3) is 11.0 Å². The lowest BCUT2D eigenvalue weighted by molar-refractivity contribution is 0.440. The predicted octanol–water partition coefficient (Wildman–Crippen LogP) is 4.65. The van der Waals surface area contributed by atoms with Crippen LogP contribution < -0.4 is 16.1 Å². The standard InChI is InChI=1S/C21H15ClFN3O3/c1-11-14-6-5-13(28-21-25-8-7-18(22)26-21)10-17(14)29-20(27)15(11)9-12-3-2-4-16(24)19(12)23/h2-8,10H,9,24H2,1H3. The van der Waals surface area contributed by atoms with Gasteiger partial charge in [0.25, 0.3) is 0 Å². The second kappa shape index (κ2) is 7.52. The molecule has 8 heteroatoms. The van der Waals surface area contributed by atoms with Gasteiger partial charge in [0.15, 0.2) is 0 Å². The van der Waals surface area contributed by atoms with Crippen molar-refractivity contribution in [3.05, 3.63) is 86.7 Å². The molecule has 2 N–H and O–H groups in total. The Morgan fingerprint density at radius 3 is 2.86 bits per heavy atom. The van der Waals surface area contributed by atoms with Crippen molar-refractivity contribution in [2.45, 2.75) is 13.3 Å². The summed E-state index contributed by atoms with van der Waals surface area (Å²) < 4.78 is 25.3. The molecule has 0 aliphatic carbocycles. The lowest BCUT2D eigenvalue weighted by Gasteiger charge is -2.10. The lowest BCUT2D eigenvalue weighted by Crippen LogP contribution is -2.12. The average molecular weight is 412 g/mol. The molecular formula is C21H15ClFN3O3. The lowest BCUT2D eigenvalue weighted by atomic mass is 9.99. The van der Waals surface area contributed by atoms with E-state index in [4.69, 9.17) is 26.5 Å². The van der Waals surface area contributed by atoms with Gasteiger partial charge in [-0.05, 0) is 42.3 Å². The number of nitrogen functional groups attached to an aromatic ring is 1. The van der Waals surface area contributed by atoms with Crippen molar-refractivity contribution in [2.24, 2.45) is 0 Å². The maximum absolute atomic E-state index is 14.3. The minimum atomic E-state index is -0.548. The van der Waals surface area contributed by atoms with Crippen molar-refractivity contribution in [3.63, 3.8) is 0 Å². The first-order valence-corrected chi connectivity index (χ1v) is 9.06. The topological polar surface area (TPSA) is 91.2 Å². The van der Waals surface area contributed by atoms with Gasteiger partial charge in [0.1, 0.15) is 22.3 Å². The molecule has 29 heavy (non-hydrogen) atoms. The van der Waals surface area contributed by atoms with Gasteiger partial charge in [0.05, 0.1) is 5.69 Å². The fourth-order valence-electron chi connectivity index (χ4n) is 3.04. The third kappa shape index (κ3) is 3.77. The molecule has 0 bridgehead atoms. The molecule has 0 aliphatic rings. The van der Waals surface area contributed by atoms with E-state index in [1.165, 1.54) is 18.3 Å².